The van der Waals surface area contributed by atoms with Gasteiger partial charge in [0.25, 0.3) is 5.91 Å². The van der Waals surface area contributed by atoms with Gasteiger partial charge in [-0.1, -0.05) is 26.0 Å². The van der Waals surface area contributed by atoms with E-state index in [4.69, 9.17) is 9.47 Å². The summed E-state index contributed by atoms with van der Waals surface area (Å²) in [7, 11) is 3.13. The number of carbonyl (C=O) groups is 2. The summed E-state index contributed by atoms with van der Waals surface area (Å²) in [4.78, 5) is 31.4. The first-order valence-electron chi connectivity index (χ1n) is 11.0. The lowest BCUT2D eigenvalue weighted by atomic mass is 9.68. The number of hydrogen-bond donors (Lipinski definition) is 2. The fourth-order valence-corrected chi connectivity index (χ4v) is 5.06. The molecule has 0 saturated heterocycles. The van der Waals surface area contributed by atoms with Crippen LogP contribution in [0.4, 0.5) is 5.82 Å². The largest absolute Gasteiger partial charge is 0.493 e. The predicted octanol–water partition coefficient (Wildman–Crippen LogP) is 5.10. The average molecular weight is 526 g/mol. The number of halogens is 1. The standard InChI is InChI=1S/C26H28BrN3O4/c1-14-21(25(32)30-20-10-9-15(27)13-28-20)22(16-7-6-8-19(33-4)24(16)34-5)23-17(29-14)11-26(2,3)12-18(23)31/h6-10,13,22,29H,11-12H2,1-5H3,(H,28,30,32)/t22-/m1/s1. The molecule has 0 saturated carbocycles. The van der Waals surface area contributed by atoms with E-state index in [1.165, 1.54) is 0 Å². The summed E-state index contributed by atoms with van der Waals surface area (Å²) in [5.74, 6) is 0.533. The van der Waals surface area contributed by atoms with Crippen molar-refractivity contribution in [1.82, 2.24) is 10.3 Å². The average Bonchev–Trinajstić information content (AvgIpc) is 2.78. The molecule has 1 aliphatic carbocycles. The molecule has 1 aliphatic heterocycles. The minimum absolute atomic E-state index is 0.0215. The van der Waals surface area contributed by atoms with Crippen molar-refractivity contribution in [3.05, 3.63) is 69.1 Å². The van der Waals surface area contributed by atoms with E-state index in [9.17, 15) is 9.59 Å². The highest BCUT2D eigenvalue weighted by Crippen LogP contribution is 2.50. The molecule has 2 heterocycles. The number of Topliss-reactive ketones (excluding diaryl/α,β-unsaturated/α-hetero) is 1. The van der Waals surface area contributed by atoms with Gasteiger partial charge in [0.1, 0.15) is 5.82 Å². The smallest absolute Gasteiger partial charge is 0.255 e. The predicted molar refractivity (Wildman–Crippen MR) is 134 cm³/mol. The lowest BCUT2D eigenvalue weighted by Crippen LogP contribution is -2.39. The number of carbonyl (C=O) groups excluding carboxylic acids is 2. The lowest BCUT2D eigenvalue weighted by molar-refractivity contribution is -0.118. The molecule has 7 nitrogen and oxygen atoms in total. The molecule has 34 heavy (non-hydrogen) atoms. The molecule has 1 aromatic carbocycles. The molecule has 0 bridgehead atoms. The lowest BCUT2D eigenvalue weighted by Gasteiger charge is -2.40. The fraction of sp³-hybridized carbons (Fsp3) is 0.346. The van der Waals surface area contributed by atoms with Gasteiger partial charge in [0.05, 0.1) is 20.1 Å². The van der Waals surface area contributed by atoms with Gasteiger partial charge in [0.15, 0.2) is 17.3 Å². The Bertz CT molecular complexity index is 1220. The van der Waals surface area contributed by atoms with Crippen LogP contribution < -0.4 is 20.1 Å². The number of nitrogens with zero attached hydrogens (tertiary/aromatic N) is 1. The third-order valence-electron chi connectivity index (χ3n) is 6.20. The van der Waals surface area contributed by atoms with Crippen LogP contribution in [-0.4, -0.2) is 30.9 Å². The van der Waals surface area contributed by atoms with Crippen LogP contribution in [0, 0.1) is 5.41 Å². The number of dihydropyridines is 1. The Labute approximate surface area is 207 Å². The first-order chi connectivity index (χ1) is 16.1. The zero-order chi connectivity index (χ0) is 24.6. The molecule has 4 rings (SSSR count). The van der Waals surface area contributed by atoms with Crippen LogP contribution in [0.5, 0.6) is 11.5 Å². The molecule has 178 valence electrons. The molecule has 1 atom stereocenters. The van der Waals surface area contributed by atoms with Crippen molar-refractivity contribution in [1.29, 1.82) is 0 Å². The second kappa shape index (κ2) is 9.25. The fourth-order valence-electron chi connectivity index (χ4n) is 4.82. The second-order valence-electron chi connectivity index (χ2n) is 9.33. The van der Waals surface area contributed by atoms with E-state index in [0.29, 0.717) is 52.6 Å². The Morgan fingerprint density at radius 2 is 1.94 bits per heavy atom. The summed E-state index contributed by atoms with van der Waals surface area (Å²) in [6, 6.07) is 9.05. The summed E-state index contributed by atoms with van der Waals surface area (Å²) in [6.45, 7) is 6.02. The van der Waals surface area contributed by atoms with Gasteiger partial charge in [-0.05, 0) is 52.9 Å². The Morgan fingerprint density at radius 1 is 1.18 bits per heavy atom. The van der Waals surface area contributed by atoms with Gasteiger partial charge in [-0.25, -0.2) is 4.98 Å². The van der Waals surface area contributed by atoms with Crippen molar-refractivity contribution in [2.45, 2.75) is 39.5 Å². The molecule has 2 N–H and O–H groups in total. The summed E-state index contributed by atoms with van der Waals surface area (Å²) in [5.41, 5.74) is 3.12. The molecular weight excluding hydrogens is 498 g/mol. The van der Waals surface area contributed by atoms with Gasteiger partial charge in [0.2, 0.25) is 0 Å². The summed E-state index contributed by atoms with van der Waals surface area (Å²) >= 11 is 3.36. The minimum atomic E-state index is -0.611. The number of ether oxygens (including phenoxy) is 2. The minimum Gasteiger partial charge on any atom is -0.493 e. The van der Waals surface area contributed by atoms with Gasteiger partial charge in [-0.2, -0.15) is 0 Å². The number of allylic oxidation sites excluding steroid dienone is 3. The van der Waals surface area contributed by atoms with Gasteiger partial charge in [0, 0.05) is 45.2 Å². The van der Waals surface area contributed by atoms with E-state index < -0.39 is 5.92 Å². The molecule has 8 heteroatoms. The van der Waals surface area contributed by atoms with Crippen LogP contribution in [-0.2, 0) is 9.59 Å². The normalized spacial score (nSPS) is 19.4. The zero-order valence-corrected chi connectivity index (χ0v) is 21.5. The van der Waals surface area contributed by atoms with E-state index in [0.717, 1.165) is 10.2 Å². The van der Waals surface area contributed by atoms with E-state index in [2.05, 4.69) is 45.4 Å². The maximum Gasteiger partial charge on any atom is 0.255 e. The third kappa shape index (κ3) is 4.46. The highest BCUT2D eigenvalue weighted by Gasteiger charge is 2.43. The highest BCUT2D eigenvalue weighted by atomic mass is 79.9. The molecule has 0 radical (unpaired) electrons. The number of anilines is 1. The van der Waals surface area contributed by atoms with Crippen LogP contribution >= 0.6 is 15.9 Å². The molecule has 0 fully saturated rings. The van der Waals surface area contributed by atoms with Gasteiger partial charge < -0.3 is 20.1 Å². The van der Waals surface area contributed by atoms with E-state index in [1.807, 2.05) is 19.1 Å². The molecule has 2 aliphatic rings. The number of rotatable bonds is 5. The van der Waals surface area contributed by atoms with Crippen LogP contribution in [0.1, 0.15) is 45.1 Å². The van der Waals surface area contributed by atoms with Crippen molar-refractivity contribution < 1.29 is 19.1 Å². The first kappa shape index (κ1) is 24.0. The first-order valence-corrected chi connectivity index (χ1v) is 11.8. The Balaban J connectivity index is 1.87. The van der Waals surface area contributed by atoms with Crippen LogP contribution in [0.25, 0.3) is 0 Å². The Kier molecular flexibility index (Phi) is 6.53. The third-order valence-corrected chi connectivity index (χ3v) is 6.67. The monoisotopic (exact) mass is 525 g/mol. The summed E-state index contributed by atoms with van der Waals surface area (Å²) in [6.07, 6.45) is 2.72. The second-order valence-corrected chi connectivity index (χ2v) is 10.2. The molecule has 1 amide bonds. The number of methoxy groups -OCH3 is 2. The maximum absolute atomic E-state index is 13.6. The maximum atomic E-state index is 13.6. The SMILES string of the molecule is COc1cccc([C@@H]2C(C(=O)Nc3ccc(Br)cn3)=C(C)NC3=C2C(=O)CC(C)(C)C3)c1OC. The van der Waals surface area contributed by atoms with Gasteiger partial charge in [-0.3, -0.25) is 9.59 Å². The molecular formula is C26H28BrN3O4. The van der Waals surface area contributed by atoms with Crippen LogP contribution in [0.15, 0.2) is 63.5 Å². The molecule has 0 unspecified atom stereocenters. The zero-order valence-electron chi connectivity index (χ0n) is 19.9. The Morgan fingerprint density at radius 3 is 2.59 bits per heavy atom. The number of para-hydroxylation sites is 1. The number of ketones is 1. The van der Waals surface area contributed by atoms with Crippen molar-refractivity contribution in [2.75, 3.05) is 19.5 Å². The van der Waals surface area contributed by atoms with Crippen LogP contribution in [0.3, 0.4) is 0 Å². The van der Waals surface area contributed by atoms with Crippen molar-refractivity contribution in [3.8, 4) is 11.5 Å². The van der Waals surface area contributed by atoms with Gasteiger partial charge in [-0.15, -0.1) is 0 Å². The Hall–Kier alpha value is -3.13. The number of pyridine rings is 1. The number of nitrogens with one attached hydrogen (secondary N) is 2. The van der Waals surface area contributed by atoms with E-state index in [1.54, 1.807) is 38.6 Å². The number of benzene rings is 1. The van der Waals surface area contributed by atoms with Crippen LogP contribution in [0.2, 0.25) is 0 Å². The number of aromatic nitrogens is 1. The van der Waals surface area contributed by atoms with Crippen molar-refractivity contribution >= 4 is 33.4 Å². The van der Waals surface area contributed by atoms with Crippen molar-refractivity contribution in [2.24, 2.45) is 5.41 Å². The van der Waals surface area contributed by atoms with E-state index in [-0.39, 0.29) is 17.1 Å². The molecule has 1 aromatic heterocycles. The molecule has 2 aromatic rings. The van der Waals surface area contributed by atoms with Gasteiger partial charge >= 0.3 is 0 Å². The summed E-state index contributed by atoms with van der Waals surface area (Å²) in [5, 5.41) is 6.26. The van der Waals surface area contributed by atoms with E-state index >= 15 is 0 Å². The number of amides is 1. The molecule has 0 spiro atoms. The quantitative estimate of drug-likeness (QED) is 0.564. The highest BCUT2D eigenvalue weighted by molar-refractivity contribution is 9.10. The topological polar surface area (TPSA) is 89.5 Å². The van der Waals surface area contributed by atoms with Crippen molar-refractivity contribution in [3.63, 3.8) is 0 Å². The number of hydrogen-bond acceptors (Lipinski definition) is 6. The summed E-state index contributed by atoms with van der Waals surface area (Å²) < 4.78 is 12.1.